The van der Waals surface area contributed by atoms with Crippen LogP contribution in [0.2, 0.25) is 0 Å². The summed E-state index contributed by atoms with van der Waals surface area (Å²) in [6.45, 7) is 4.05. The zero-order valence-electron chi connectivity index (χ0n) is 14.5. The van der Waals surface area contributed by atoms with E-state index in [4.69, 9.17) is 4.74 Å². The van der Waals surface area contributed by atoms with Gasteiger partial charge in [0.25, 0.3) is 5.91 Å². The molecule has 1 fully saturated rings. The third-order valence-electron chi connectivity index (χ3n) is 5.24. The molecule has 1 aliphatic carbocycles. The molecule has 23 heavy (non-hydrogen) atoms. The van der Waals surface area contributed by atoms with E-state index in [1.165, 1.54) is 0 Å². The second kappa shape index (κ2) is 6.24. The Morgan fingerprint density at radius 3 is 2.61 bits per heavy atom. The lowest BCUT2D eigenvalue weighted by molar-refractivity contribution is -0.00909. The number of nitrogens with zero attached hydrogens (tertiary/aromatic N) is 3. The fourth-order valence-electron chi connectivity index (χ4n) is 3.99. The largest absolute Gasteiger partial charge is 0.393 e. The van der Waals surface area contributed by atoms with Crippen molar-refractivity contribution in [2.24, 2.45) is 7.05 Å². The molecule has 1 N–H and O–H groups in total. The molecule has 1 amide bonds. The maximum absolute atomic E-state index is 13.0. The van der Waals surface area contributed by atoms with Crippen molar-refractivity contribution >= 4 is 5.91 Å². The lowest BCUT2D eigenvalue weighted by atomic mass is 9.91. The molecule has 0 aromatic carbocycles. The number of carbonyl (C=O) groups excluding carboxylic acids is 1. The first-order chi connectivity index (χ1) is 10.9. The van der Waals surface area contributed by atoms with E-state index < -0.39 is 0 Å². The molecular formula is C17H27N3O3. The SMILES string of the molecule is C[C@@H]1Cc2c(C(=O)N(C)C3CCC(O)CC3)nn(C)c2[C@H](C)O1. The van der Waals surface area contributed by atoms with Gasteiger partial charge in [-0.3, -0.25) is 9.48 Å². The van der Waals surface area contributed by atoms with Gasteiger partial charge in [-0.25, -0.2) is 0 Å². The highest BCUT2D eigenvalue weighted by Crippen LogP contribution is 2.32. The number of aromatic nitrogens is 2. The Labute approximate surface area is 137 Å². The van der Waals surface area contributed by atoms with Crippen molar-refractivity contribution in [2.75, 3.05) is 7.05 Å². The average Bonchev–Trinajstić information content (AvgIpc) is 2.83. The van der Waals surface area contributed by atoms with Crippen LogP contribution in [-0.4, -0.2) is 51.0 Å². The number of aliphatic hydroxyl groups excluding tert-OH is 1. The molecule has 1 saturated carbocycles. The van der Waals surface area contributed by atoms with Gasteiger partial charge in [0, 0.05) is 32.1 Å². The number of amides is 1. The number of fused-ring (bicyclic) bond motifs is 1. The van der Waals surface area contributed by atoms with Crippen LogP contribution in [0.3, 0.4) is 0 Å². The van der Waals surface area contributed by atoms with E-state index in [9.17, 15) is 9.90 Å². The van der Waals surface area contributed by atoms with Crippen LogP contribution in [0.1, 0.15) is 67.4 Å². The van der Waals surface area contributed by atoms with Crippen molar-refractivity contribution in [1.82, 2.24) is 14.7 Å². The number of hydrogen-bond donors (Lipinski definition) is 1. The number of aliphatic hydroxyl groups is 1. The fourth-order valence-corrected chi connectivity index (χ4v) is 3.99. The summed E-state index contributed by atoms with van der Waals surface area (Å²) in [5, 5.41) is 14.2. The van der Waals surface area contributed by atoms with Crippen molar-refractivity contribution in [2.45, 2.75) is 70.3 Å². The van der Waals surface area contributed by atoms with E-state index in [-0.39, 0.29) is 30.3 Å². The van der Waals surface area contributed by atoms with E-state index in [0.29, 0.717) is 5.69 Å². The topological polar surface area (TPSA) is 67.6 Å². The van der Waals surface area contributed by atoms with Crippen LogP contribution in [0.15, 0.2) is 0 Å². The van der Waals surface area contributed by atoms with Crippen molar-refractivity contribution in [3.63, 3.8) is 0 Å². The van der Waals surface area contributed by atoms with E-state index in [0.717, 1.165) is 43.4 Å². The lowest BCUT2D eigenvalue weighted by Gasteiger charge is -2.33. The van der Waals surface area contributed by atoms with Gasteiger partial charge >= 0.3 is 0 Å². The molecule has 2 heterocycles. The highest BCUT2D eigenvalue weighted by atomic mass is 16.5. The van der Waals surface area contributed by atoms with Gasteiger partial charge in [-0.05, 0) is 39.5 Å². The van der Waals surface area contributed by atoms with Gasteiger partial charge in [-0.1, -0.05) is 0 Å². The first kappa shape index (κ1) is 16.5. The van der Waals surface area contributed by atoms with Gasteiger partial charge in [-0.2, -0.15) is 5.10 Å². The molecule has 2 aliphatic rings. The van der Waals surface area contributed by atoms with Gasteiger partial charge < -0.3 is 14.7 Å². The molecule has 1 aromatic heterocycles. The Kier molecular flexibility index (Phi) is 4.47. The van der Waals surface area contributed by atoms with Crippen molar-refractivity contribution < 1.29 is 14.6 Å². The highest BCUT2D eigenvalue weighted by Gasteiger charge is 2.34. The number of aryl methyl sites for hydroxylation is 1. The van der Waals surface area contributed by atoms with E-state index in [1.54, 1.807) is 4.68 Å². The maximum atomic E-state index is 13.0. The van der Waals surface area contributed by atoms with Crippen molar-refractivity contribution in [3.05, 3.63) is 17.0 Å². The Hall–Kier alpha value is -1.40. The number of hydrogen-bond acceptors (Lipinski definition) is 4. The van der Waals surface area contributed by atoms with Gasteiger partial charge in [0.1, 0.15) is 0 Å². The molecule has 3 rings (SSSR count). The summed E-state index contributed by atoms with van der Waals surface area (Å²) in [5.74, 6) is -0.00969. The second-order valence-corrected chi connectivity index (χ2v) is 7.01. The molecule has 0 spiro atoms. The van der Waals surface area contributed by atoms with Crippen LogP contribution in [0.25, 0.3) is 0 Å². The van der Waals surface area contributed by atoms with Gasteiger partial charge in [0.05, 0.1) is 24.0 Å². The van der Waals surface area contributed by atoms with Crippen LogP contribution < -0.4 is 0 Å². The molecule has 6 nitrogen and oxygen atoms in total. The maximum Gasteiger partial charge on any atom is 0.274 e. The van der Waals surface area contributed by atoms with Gasteiger partial charge in [0.15, 0.2) is 5.69 Å². The normalized spacial score (nSPS) is 30.8. The Balaban J connectivity index is 1.84. The average molecular weight is 321 g/mol. The van der Waals surface area contributed by atoms with Crippen molar-refractivity contribution in [1.29, 1.82) is 0 Å². The van der Waals surface area contributed by atoms with Crippen LogP contribution in [0.5, 0.6) is 0 Å². The first-order valence-corrected chi connectivity index (χ1v) is 8.55. The Morgan fingerprint density at radius 2 is 1.96 bits per heavy atom. The number of ether oxygens (including phenoxy) is 1. The molecule has 0 saturated heterocycles. The second-order valence-electron chi connectivity index (χ2n) is 7.01. The van der Waals surface area contributed by atoms with Crippen LogP contribution in [0.4, 0.5) is 0 Å². The standard InChI is InChI=1S/C17H27N3O3/c1-10-9-14-15(18-20(4)16(14)11(2)23-10)17(22)19(3)12-5-7-13(21)8-6-12/h10-13,21H,5-9H2,1-4H3/t10-,11+,12?,13?/m1/s1. The fraction of sp³-hybridized carbons (Fsp3) is 0.765. The van der Waals surface area contributed by atoms with Gasteiger partial charge in [-0.15, -0.1) is 0 Å². The summed E-state index contributed by atoms with van der Waals surface area (Å²) in [6, 6.07) is 0.193. The molecule has 1 aliphatic heterocycles. The molecular weight excluding hydrogens is 294 g/mol. The predicted octanol–water partition coefficient (Wildman–Crippen LogP) is 1.82. The van der Waals surface area contributed by atoms with Gasteiger partial charge in [0.2, 0.25) is 0 Å². The third kappa shape index (κ3) is 3.02. The molecule has 128 valence electrons. The molecule has 1 aromatic rings. The van der Waals surface area contributed by atoms with E-state index in [2.05, 4.69) is 5.10 Å². The lowest BCUT2D eigenvalue weighted by Crippen LogP contribution is -2.41. The summed E-state index contributed by atoms with van der Waals surface area (Å²) < 4.78 is 7.65. The van der Waals surface area contributed by atoms with E-state index >= 15 is 0 Å². The summed E-state index contributed by atoms with van der Waals surface area (Å²) in [5.41, 5.74) is 2.61. The summed E-state index contributed by atoms with van der Waals surface area (Å²) in [7, 11) is 3.74. The Morgan fingerprint density at radius 1 is 1.30 bits per heavy atom. The predicted molar refractivity (Wildman–Crippen MR) is 86.2 cm³/mol. The minimum Gasteiger partial charge on any atom is -0.393 e. The quantitative estimate of drug-likeness (QED) is 0.902. The summed E-state index contributed by atoms with van der Waals surface area (Å²) in [4.78, 5) is 14.8. The van der Waals surface area contributed by atoms with Crippen LogP contribution in [-0.2, 0) is 18.2 Å². The zero-order chi connectivity index (χ0) is 16.7. The van der Waals surface area contributed by atoms with Crippen LogP contribution >= 0.6 is 0 Å². The first-order valence-electron chi connectivity index (χ1n) is 8.55. The molecule has 6 heteroatoms. The summed E-state index contributed by atoms with van der Waals surface area (Å²) in [6.07, 6.45) is 3.83. The molecule has 0 radical (unpaired) electrons. The zero-order valence-corrected chi connectivity index (χ0v) is 14.5. The van der Waals surface area contributed by atoms with Crippen molar-refractivity contribution in [3.8, 4) is 0 Å². The number of carbonyl (C=O) groups is 1. The third-order valence-corrected chi connectivity index (χ3v) is 5.24. The molecule has 0 unspecified atom stereocenters. The van der Waals surface area contributed by atoms with E-state index in [1.807, 2.05) is 32.8 Å². The highest BCUT2D eigenvalue weighted by molar-refractivity contribution is 5.94. The minimum atomic E-state index is -0.212. The molecule has 2 atom stereocenters. The monoisotopic (exact) mass is 321 g/mol. The van der Waals surface area contributed by atoms with Crippen LogP contribution in [0, 0.1) is 0 Å². The summed E-state index contributed by atoms with van der Waals surface area (Å²) >= 11 is 0. The Bertz CT molecular complexity index is 590. The number of rotatable bonds is 2. The smallest absolute Gasteiger partial charge is 0.274 e. The molecule has 0 bridgehead atoms. The minimum absolute atomic E-state index is 0.00969.